The van der Waals surface area contributed by atoms with Gasteiger partial charge in [-0.2, -0.15) is 5.10 Å². The molecule has 5 heteroatoms. The summed E-state index contributed by atoms with van der Waals surface area (Å²) in [7, 11) is 3.67. The van der Waals surface area contributed by atoms with Gasteiger partial charge in [-0.15, -0.1) is 0 Å². The Morgan fingerprint density at radius 2 is 2.16 bits per heavy atom. The van der Waals surface area contributed by atoms with E-state index in [1.807, 2.05) is 25.2 Å². The summed E-state index contributed by atoms with van der Waals surface area (Å²) in [5.74, 6) is -0.688. The van der Waals surface area contributed by atoms with Gasteiger partial charge in [0.2, 0.25) is 0 Å². The summed E-state index contributed by atoms with van der Waals surface area (Å²) < 4.78 is 15.2. The lowest BCUT2D eigenvalue weighted by Gasteiger charge is -2.14. The molecule has 0 aliphatic carbocycles. The Hall–Kier alpha value is -2.01. The molecule has 0 amide bonds. The molecule has 0 aliphatic heterocycles. The summed E-state index contributed by atoms with van der Waals surface area (Å²) in [4.78, 5) is 13.8. The van der Waals surface area contributed by atoms with Gasteiger partial charge in [0.05, 0.1) is 18.3 Å². The molecule has 0 unspecified atom stereocenters. The monoisotopic (exact) mass is 261 g/mol. The third kappa shape index (κ3) is 3.48. The van der Waals surface area contributed by atoms with Crippen molar-refractivity contribution in [1.82, 2.24) is 14.7 Å². The van der Waals surface area contributed by atoms with Crippen LogP contribution in [0.3, 0.4) is 0 Å². The minimum absolute atomic E-state index is 0.139. The lowest BCUT2D eigenvalue weighted by atomic mass is 10.1. The number of hydrogen-bond acceptors (Lipinski definition) is 3. The summed E-state index contributed by atoms with van der Waals surface area (Å²) in [6.45, 7) is 0.782. The highest BCUT2D eigenvalue weighted by Gasteiger charge is 2.13. The fraction of sp³-hybridized carbons (Fsp3) is 0.286. The first kappa shape index (κ1) is 13.4. The first-order valence-corrected chi connectivity index (χ1v) is 6.00. The number of likely N-dealkylation sites (N-methyl/N-ethyl adjacent to an activating group) is 1. The van der Waals surface area contributed by atoms with Crippen LogP contribution in [0, 0.1) is 5.82 Å². The molecule has 1 aromatic carbocycles. The van der Waals surface area contributed by atoms with Crippen LogP contribution in [0.15, 0.2) is 36.7 Å². The van der Waals surface area contributed by atoms with Crippen LogP contribution in [-0.2, 0) is 13.6 Å². The second-order valence-corrected chi connectivity index (χ2v) is 4.60. The van der Waals surface area contributed by atoms with Gasteiger partial charge < -0.3 is 0 Å². The van der Waals surface area contributed by atoms with Gasteiger partial charge in [-0.05, 0) is 19.2 Å². The topological polar surface area (TPSA) is 38.1 Å². The number of benzene rings is 1. The van der Waals surface area contributed by atoms with Crippen LogP contribution in [0.2, 0.25) is 0 Å². The van der Waals surface area contributed by atoms with Crippen LogP contribution in [0.25, 0.3) is 0 Å². The van der Waals surface area contributed by atoms with E-state index in [9.17, 15) is 9.18 Å². The smallest absolute Gasteiger partial charge is 0.179 e. The highest BCUT2D eigenvalue weighted by atomic mass is 19.1. The average Bonchev–Trinajstić information content (AvgIpc) is 2.74. The number of nitrogens with zero attached hydrogens (tertiary/aromatic N) is 3. The van der Waals surface area contributed by atoms with Gasteiger partial charge in [0, 0.05) is 25.4 Å². The Balaban J connectivity index is 1.97. The molecular formula is C14H16FN3O. The Labute approximate surface area is 111 Å². The molecule has 0 radical (unpaired) electrons. The van der Waals surface area contributed by atoms with E-state index in [0.29, 0.717) is 6.54 Å². The molecule has 0 atom stereocenters. The van der Waals surface area contributed by atoms with Gasteiger partial charge in [-0.3, -0.25) is 14.4 Å². The van der Waals surface area contributed by atoms with Crippen molar-refractivity contribution in [2.24, 2.45) is 7.05 Å². The van der Waals surface area contributed by atoms with Gasteiger partial charge in [0.25, 0.3) is 0 Å². The molecule has 2 rings (SSSR count). The Bertz CT molecular complexity index is 580. The van der Waals surface area contributed by atoms with Crippen LogP contribution < -0.4 is 0 Å². The normalized spacial score (nSPS) is 10.9. The molecule has 4 nitrogen and oxygen atoms in total. The summed E-state index contributed by atoms with van der Waals surface area (Å²) in [6.07, 6.45) is 3.65. The van der Waals surface area contributed by atoms with Crippen molar-refractivity contribution in [2.75, 3.05) is 13.6 Å². The highest BCUT2D eigenvalue weighted by Crippen LogP contribution is 2.09. The van der Waals surface area contributed by atoms with Crippen LogP contribution >= 0.6 is 0 Å². The number of hydrogen-bond donors (Lipinski definition) is 0. The zero-order chi connectivity index (χ0) is 13.8. The van der Waals surface area contributed by atoms with Crippen LogP contribution in [0.5, 0.6) is 0 Å². The van der Waals surface area contributed by atoms with Crippen molar-refractivity contribution in [2.45, 2.75) is 6.54 Å². The van der Waals surface area contributed by atoms with E-state index in [-0.39, 0.29) is 17.9 Å². The maximum Gasteiger partial charge on any atom is 0.179 e. The molecule has 2 aromatic rings. The summed E-state index contributed by atoms with van der Waals surface area (Å²) >= 11 is 0. The van der Waals surface area contributed by atoms with Crippen molar-refractivity contribution in [3.63, 3.8) is 0 Å². The second kappa shape index (κ2) is 5.75. The second-order valence-electron chi connectivity index (χ2n) is 4.60. The van der Waals surface area contributed by atoms with Gasteiger partial charge >= 0.3 is 0 Å². The molecule has 100 valence electrons. The fourth-order valence-corrected chi connectivity index (χ4v) is 1.94. The van der Waals surface area contributed by atoms with Crippen molar-refractivity contribution < 1.29 is 9.18 Å². The number of carbonyl (C=O) groups excluding carboxylic acids is 1. The van der Waals surface area contributed by atoms with Crippen molar-refractivity contribution in [3.05, 3.63) is 53.6 Å². The van der Waals surface area contributed by atoms with Gasteiger partial charge in [0.1, 0.15) is 5.82 Å². The third-order valence-electron chi connectivity index (χ3n) is 2.80. The minimum atomic E-state index is -0.470. The summed E-state index contributed by atoms with van der Waals surface area (Å²) in [5, 5.41) is 4.07. The lowest BCUT2D eigenvalue weighted by Crippen LogP contribution is -2.26. The fourth-order valence-electron chi connectivity index (χ4n) is 1.94. The van der Waals surface area contributed by atoms with Crippen LogP contribution in [0.1, 0.15) is 15.9 Å². The predicted molar refractivity (Wildman–Crippen MR) is 70.3 cm³/mol. The van der Waals surface area contributed by atoms with Gasteiger partial charge in [0.15, 0.2) is 5.78 Å². The van der Waals surface area contributed by atoms with Gasteiger partial charge in [-0.1, -0.05) is 12.1 Å². The third-order valence-corrected chi connectivity index (χ3v) is 2.80. The summed E-state index contributed by atoms with van der Waals surface area (Å²) in [5.41, 5.74) is 1.16. The molecule has 1 aromatic heterocycles. The van der Waals surface area contributed by atoms with Crippen molar-refractivity contribution in [3.8, 4) is 0 Å². The Morgan fingerprint density at radius 3 is 2.79 bits per heavy atom. The number of halogens is 1. The van der Waals surface area contributed by atoms with Crippen LogP contribution in [-0.4, -0.2) is 34.1 Å². The minimum Gasteiger partial charge on any atom is -0.294 e. The van der Waals surface area contributed by atoms with Crippen molar-refractivity contribution in [1.29, 1.82) is 0 Å². The van der Waals surface area contributed by atoms with E-state index >= 15 is 0 Å². The molecule has 0 N–H and O–H groups in total. The first-order valence-electron chi connectivity index (χ1n) is 6.00. The maximum absolute atomic E-state index is 13.5. The molecule has 0 fully saturated rings. The number of rotatable bonds is 5. The van der Waals surface area contributed by atoms with E-state index in [0.717, 1.165) is 5.56 Å². The Morgan fingerprint density at radius 1 is 1.42 bits per heavy atom. The maximum atomic E-state index is 13.5. The van der Waals surface area contributed by atoms with E-state index in [1.165, 1.54) is 12.1 Å². The molecule has 0 bridgehead atoms. The number of carbonyl (C=O) groups is 1. The van der Waals surface area contributed by atoms with E-state index < -0.39 is 5.82 Å². The quantitative estimate of drug-likeness (QED) is 0.771. The lowest BCUT2D eigenvalue weighted by molar-refractivity contribution is 0.0939. The Kier molecular flexibility index (Phi) is 4.06. The van der Waals surface area contributed by atoms with Crippen LogP contribution in [0.4, 0.5) is 4.39 Å². The average molecular weight is 261 g/mol. The van der Waals surface area contributed by atoms with E-state index in [4.69, 9.17) is 0 Å². The number of aromatic nitrogens is 2. The molecule has 0 aliphatic rings. The van der Waals surface area contributed by atoms with Gasteiger partial charge in [-0.25, -0.2) is 4.39 Å². The molecule has 0 saturated heterocycles. The standard InChI is InChI=1S/C14H16FN3O/c1-17(8-11-7-16-18(2)9-11)10-14(19)12-5-3-4-6-13(12)15/h3-7,9H,8,10H2,1-2H3. The largest absolute Gasteiger partial charge is 0.294 e. The molecule has 0 spiro atoms. The number of aryl methyl sites for hydroxylation is 1. The summed E-state index contributed by atoms with van der Waals surface area (Å²) in [6, 6.07) is 6.05. The molecule has 19 heavy (non-hydrogen) atoms. The number of Topliss-reactive ketones (excluding diaryl/α,β-unsaturated/α-hetero) is 1. The van der Waals surface area contributed by atoms with Crippen molar-refractivity contribution >= 4 is 5.78 Å². The molecular weight excluding hydrogens is 245 g/mol. The highest BCUT2D eigenvalue weighted by molar-refractivity contribution is 5.97. The zero-order valence-electron chi connectivity index (χ0n) is 11.0. The predicted octanol–water partition coefficient (Wildman–Crippen LogP) is 1.87. The first-order chi connectivity index (χ1) is 9.06. The molecule has 1 heterocycles. The van der Waals surface area contributed by atoms with E-state index in [2.05, 4.69) is 5.10 Å². The zero-order valence-corrected chi connectivity index (χ0v) is 11.0. The SMILES string of the molecule is CN(CC(=O)c1ccccc1F)Cc1cnn(C)c1. The number of ketones is 1. The molecule has 0 saturated carbocycles. The van der Waals surface area contributed by atoms with E-state index in [1.54, 1.807) is 23.0 Å².